The molecule has 0 amide bonds. The van der Waals surface area contributed by atoms with Crippen molar-refractivity contribution in [3.8, 4) is 17.6 Å². The van der Waals surface area contributed by atoms with Gasteiger partial charge >= 0.3 is 6.11 Å². The Labute approximate surface area is 236 Å². The first kappa shape index (κ1) is 31.9. The number of nitrogens with zero attached hydrogens (tertiary/aromatic N) is 2. The monoisotopic (exact) mass is 594 g/mol. The quantitative estimate of drug-likeness (QED) is 0.0565. The van der Waals surface area contributed by atoms with E-state index in [9.17, 15) is 35.1 Å². The molecule has 0 fully saturated rings. The number of aliphatic imine (C=N–C) groups is 2. The van der Waals surface area contributed by atoms with Crippen molar-refractivity contribution in [2.75, 3.05) is 6.61 Å². The molecule has 4 nitrogen and oxygen atoms in total. The average molecular weight is 595 g/mol. The maximum absolute atomic E-state index is 14.6. The minimum atomic E-state index is -4.75. The molecule has 42 heavy (non-hydrogen) atoms. The highest BCUT2D eigenvalue weighted by atomic mass is 19.3. The molecule has 3 aromatic rings. The van der Waals surface area contributed by atoms with Gasteiger partial charge in [-0.15, -0.1) is 0 Å². The zero-order chi connectivity index (χ0) is 30.9. The van der Waals surface area contributed by atoms with Crippen LogP contribution in [0.15, 0.2) is 64.4 Å². The van der Waals surface area contributed by atoms with Crippen LogP contribution < -0.4 is 4.74 Å². The summed E-state index contributed by atoms with van der Waals surface area (Å²) < 4.78 is 122. The zero-order valence-electron chi connectivity index (χ0n) is 22.0. The second-order valence-electron chi connectivity index (χ2n) is 8.58. The maximum Gasteiger partial charge on any atom is 0.432 e. The van der Waals surface area contributed by atoms with E-state index in [0.717, 1.165) is 18.9 Å². The Balaban J connectivity index is 1.75. The molecule has 3 rings (SSSR count). The molecule has 0 saturated heterocycles. The summed E-state index contributed by atoms with van der Waals surface area (Å²) in [6.45, 7) is 5.92. The Kier molecular flexibility index (Phi) is 10.8. The largest absolute Gasteiger partial charge is 0.490 e. The third kappa shape index (κ3) is 8.42. The molecule has 0 saturated carbocycles. The number of alkyl halides is 2. The number of halogens is 8. The molecule has 0 aliphatic rings. The third-order valence-corrected chi connectivity index (χ3v) is 5.39. The van der Waals surface area contributed by atoms with Crippen molar-refractivity contribution in [2.24, 2.45) is 9.98 Å². The Morgan fingerprint density at radius 2 is 1.57 bits per heavy atom. The zero-order valence-corrected chi connectivity index (χ0v) is 22.0. The molecule has 0 heterocycles. The van der Waals surface area contributed by atoms with Gasteiger partial charge in [0.15, 0.2) is 23.2 Å². The number of allylic oxidation sites excluding steroid dienone is 1. The minimum absolute atomic E-state index is 0.0849. The predicted octanol–water partition coefficient (Wildman–Crippen LogP) is 7.98. The first-order valence-corrected chi connectivity index (χ1v) is 12.2. The van der Waals surface area contributed by atoms with Crippen LogP contribution >= 0.6 is 0 Å². The first-order valence-electron chi connectivity index (χ1n) is 12.2. The van der Waals surface area contributed by atoms with Crippen molar-refractivity contribution in [3.05, 3.63) is 112 Å². The normalized spacial score (nSPS) is 11.8. The molecular weight excluding hydrogens is 572 g/mol. The summed E-state index contributed by atoms with van der Waals surface area (Å²) in [4.78, 5) is 7.81. The lowest BCUT2D eigenvalue weighted by atomic mass is 10.1. The van der Waals surface area contributed by atoms with Crippen LogP contribution in [0.2, 0.25) is 0 Å². The van der Waals surface area contributed by atoms with Crippen LogP contribution in [0.25, 0.3) is 0 Å². The van der Waals surface area contributed by atoms with Gasteiger partial charge in [0.25, 0.3) is 0 Å². The van der Waals surface area contributed by atoms with E-state index in [-0.39, 0.29) is 24.2 Å². The van der Waals surface area contributed by atoms with Crippen LogP contribution in [0.1, 0.15) is 42.0 Å². The number of rotatable bonds is 11. The molecule has 0 aliphatic heterocycles. The summed E-state index contributed by atoms with van der Waals surface area (Å²) in [5, 5.41) is 0. The summed E-state index contributed by atoms with van der Waals surface area (Å²) in [5.41, 5.74) is -1.99. The van der Waals surface area contributed by atoms with Crippen molar-refractivity contribution >= 4 is 12.9 Å². The van der Waals surface area contributed by atoms with Gasteiger partial charge < -0.3 is 9.47 Å². The molecule has 0 aliphatic carbocycles. The van der Waals surface area contributed by atoms with Crippen molar-refractivity contribution in [1.29, 1.82) is 0 Å². The van der Waals surface area contributed by atoms with E-state index >= 15 is 0 Å². The highest BCUT2D eigenvalue weighted by Crippen LogP contribution is 2.36. The fraction of sp³-hybridized carbons (Fsp3) is 0.200. The molecule has 220 valence electrons. The topological polar surface area (TPSA) is 43.2 Å². The molecule has 0 atom stereocenters. The second-order valence-corrected chi connectivity index (χ2v) is 8.58. The molecule has 3 aromatic carbocycles. The van der Waals surface area contributed by atoms with Crippen molar-refractivity contribution < 1.29 is 44.6 Å². The lowest BCUT2D eigenvalue weighted by Gasteiger charge is -2.19. The van der Waals surface area contributed by atoms with Crippen LogP contribution in [-0.2, 0) is 17.4 Å². The van der Waals surface area contributed by atoms with Gasteiger partial charge in [-0.2, -0.15) is 8.78 Å². The molecule has 12 heteroatoms. The van der Waals surface area contributed by atoms with Crippen LogP contribution in [0.3, 0.4) is 0 Å². The highest BCUT2D eigenvalue weighted by molar-refractivity contribution is 5.76. The minimum Gasteiger partial charge on any atom is -0.490 e. The van der Waals surface area contributed by atoms with Crippen molar-refractivity contribution in [1.82, 2.24) is 0 Å². The van der Waals surface area contributed by atoms with Gasteiger partial charge in [0.2, 0.25) is 0 Å². The molecule has 0 bridgehead atoms. The Morgan fingerprint density at radius 3 is 2.17 bits per heavy atom. The fourth-order valence-electron chi connectivity index (χ4n) is 3.38. The van der Waals surface area contributed by atoms with Gasteiger partial charge in [-0.1, -0.05) is 31.3 Å². The van der Waals surface area contributed by atoms with E-state index in [0.29, 0.717) is 30.1 Å². The number of ether oxygens (including phenoxy) is 2. The molecule has 0 spiro atoms. The Hall–Kier alpha value is -4.66. The summed E-state index contributed by atoms with van der Waals surface area (Å²) in [6, 6.07) is 5.04. The number of unbranched alkanes of at least 4 members (excludes halogenated alkanes) is 1. The molecule has 0 radical (unpaired) electrons. The van der Waals surface area contributed by atoms with E-state index in [4.69, 9.17) is 4.74 Å². The van der Waals surface area contributed by atoms with E-state index < -0.39 is 57.9 Å². The molecule has 0 aromatic heterocycles. The van der Waals surface area contributed by atoms with Gasteiger partial charge in [-0.05, 0) is 43.0 Å². The van der Waals surface area contributed by atoms with Gasteiger partial charge in [-0.25, -0.2) is 26.3 Å². The van der Waals surface area contributed by atoms with Gasteiger partial charge in [-0.3, -0.25) is 9.98 Å². The Morgan fingerprint density at radius 1 is 0.905 bits per heavy atom. The molecular formula is C30H22F8N2O2. The summed E-state index contributed by atoms with van der Waals surface area (Å²) in [5.74, 6) is -6.20. The van der Waals surface area contributed by atoms with Gasteiger partial charge in [0, 0.05) is 17.7 Å². The van der Waals surface area contributed by atoms with Crippen LogP contribution in [0.5, 0.6) is 5.75 Å². The van der Waals surface area contributed by atoms with Gasteiger partial charge in [0.1, 0.15) is 28.8 Å². The van der Waals surface area contributed by atoms with Crippen LogP contribution in [-0.4, -0.2) is 19.5 Å². The summed E-state index contributed by atoms with van der Waals surface area (Å²) in [7, 11) is 0. The smallest absolute Gasteiger partial charge is 0.432 e. The first-order chi connectivity index (χ1) is 19.9. The third-order valence-electron chi connectivity index (χ3n) is 5.39. The molecule has 0 unspecified atom stereocenters. The highest BCUT2D eigenvalue weighted by Gasteiger charge is 2.41. The van der Waals surface area contributed by atoms with Gasteiger partial charge in [0.05, 0.1) is 31.1 Å². The van der Waals surface area contributed by atoms with E-state index in [1.165, 1.54) is 24.5 Å². The van der Waals surface area contributed by atoms with E-state index in [1.54, 1.807) is 0 Å². The molecule has 0 N–H and O–H groups in total. The lowest BCUT2D eigenvalue weighted by molar-refractivity contribution is -0.189. The van der Waals surface area contributed by atoms with E-state index in [2.05, 4.69) is 33.3 Å². The SMILES string of the molecule is C=N/C=C(\C=NCc1ccc(C#Cc2cc(F)c(C(F)(F)Oc3cc(F)c(F)c(F)c3)c(F)c2)c(F)c1)OCCCC. The van der Waals surface area contributed by atoms with Crippen LogP contribution in [0.4, 0.5) is 35.1 Å². The number of benzene rings is 3. The van der Waals surface area contributed by atoms with Crippen molar-refractivity contribution in [3.63, 3.8) is 0 Å². The van der Waals surface area contributed by atoms with E-state index in [1.807, 2.05) is 6.92 Å². The maximum atomic E-state index is 14.6. The average Bonchev–Trinajstić information content (AvgIpc) is 2.90. The standard InChI is InChI=1S/C30H22F8N2O2/c1-3-4-9-41-22(16-39-2)17-40-15-19-6-8-20(23(31)12-19)7-5-18-10-24(32)28(25(33)11-18)30(37,38)42-21-13-26(34)29(36)27(35)14-21/h6,8,10-14,16-17H,2-4,9,15H2,1H3/b22-16+,40-17?. The fourth-order valence-corrected chi connectivity index (χ4v) is 3.38. The summed E-state index contributed by atoms with van der Waals surface area (Å²) in [6.07, 6.45) is -0.165. The van der Waals surface area contributed by atoms with Crippen molar-refractivity contribution in [2.45, 2.75) is 32.4 Å². The Bertz CT molecular complexity index is 1530. The lowest BCUT2D eigenvalue weighted by Crippen LogP contribution is -2.25. The number of hydrogen-bond acceptors (Lipinski definition) is 4. The second kappa shape index (κ2) is 14.3. The van der Waals surface area contributed by atoms with Crippen LogP contribution in [0, 0.1) is 46.7 Å². The number of hydrogen-bond donors (Lipinski definition) is 0. The summed E-state index contributed by atoms with van der Waals surface area (Å²) >= 11 is 0. The predicted molar refractivity (Wildman–Crippen MR) is 140 cm³/mol.